The van der Waals surface area contributed by atoms with Crippen molar-refractivity contribution in [2.45, 2.75) is 137 Å². The fourth-order valence-electron chi connectivity index (χ4n) is 11.2. The number of carbonyl (C=O) groups is 1. The molecule has 3 aliphatic carbocycles. The van der Waals surface area contributed by atoms with Gasteiger partial charge >= 0.3 is 0 Å². The lowest BCUT2D eigenvalue weighted by molar-refractivity contribution is -0.279. The van der Waals surface area contributed by atoms with Gasteiger partial charge in [-0.1, -0.05) is 41.5 Å². The van der Waals surface area contributed by atoms with E-state index in [0.717, 1.165) is 18.1 Å². The Hall–Kier alpha value is -3.35. The van der Waals surface area contributed by atoms with Crippen molar-refractivity contribution >= 4 is 5.91 Å². The maximum absolute atomic E-state index is 13.8. The van der Waals surface area contributed by atoms with Crippen LogP contribution in [-0.4, -0.2) is 57.0 Å². The summed E-state index contributed by atoms with van der Waals surface area (Å²) in [5.41, 5.74) is 0.0460. The maximum atomic E-state index is 13.8. The van der Waals surface area contributed by atoms with E-state index in [1.807, 2.05) is 13.8 Å². The lowest BCUT2D eigenvalue weighted by atomic mass is 9.59. The van der Waals surface area contributed by atoms with E-state index >= 15 is 0 Å². The van der Waals surface area contributed by atoms with Crippen molar-refractivity contribution < 1.29 is 39.8 Å². The van der Waals surface area contributed by atoms with Gasteiger partial charge in [0, 0.05) is 36.8 Å². The first-order chi connectivity index (χ1) is 25.1. The molecule has 2 aromatic carbocycles. The van der Waals surface area contributed by atoms with Crippen LogP contribution in [0.1, 0.15) is 131 Å². The highest BCUT2D eigenvalue weighted by Crippen LogP contribution is 2.65. The molecule has 0 radical (unpaired) electrons. The minimum Gasteiger partial charge on any atom is -0.504 e. The van der Waals surface area contributed by atoms with E-state index in [0.29, 0.717) is 41.5 Å². The Morgan fingerprint density at radius 2 is 1.48 bits per heavy atom. The number of aliphatic hydroxyl groups excluding tert-OH is 2. The molecule has 6 rings (SSSR count). The molecule has 1 aliphatic heterocycles. The number of aromatic hydroxyl groups is 2. The van der Waals surface area contributed by atoms with E-state index < -0.39 is 63.7 Å². The maximum Gasteiger partial charge on any atom is 0.220 e. The Labute approximate surface area is 317 Å². The van der Waals surface area contributed by atoms with E-state index in [9.17, 15) is 39.9 Å². The molecule has 0 aromatic heterocycles. The lowest BCUT2D eigenvalue weighted by Gasteiger charge is -2.52. The normalized spacial score (nSPS) is 34.1. The molecule has 11 nitrogen and oxygen atoms in total. The number of methoxy groups -OCH3 is 1. The summed E-state index contributed by atoms with van der Waals surface area (Å²) in [6.45, 7) is 17.1. The first-order valence-electron chi connectivity index (χ1n) is 19.5. The number of amides is 1. The van der Waals surface area contributed by atoms with E-state index in [2.05, 4.69) is 33.0 Å². The van der Waals surface area contributed by atoms with Gasteiger partial charge in [0.15, 0.2) is 23.5 Å². The van der Waals surface area contributed by atoms with Crippen LogP contribution in [0.3, 0.4) is 0 Å². The predicted molar refractivity (Wildman–Crippen MR) is 203 cm³/mol. The van der Waals surface area contributed by atoms with Gasteiger partial charge in [-0.05, 0) is 127 Å². The van der Waals surface area contributed by atoms with Crippen LogP contribution in [0.15, 0.2) is 27.8 Å². The minimum absolute atomic E-state index is 0.0281. The molecule has 11 heteroatoms. The Bertz CT molecular complexity index is 1960. The summed E-state index contributed by atoms with van der Waals surface area (Å²) in [7, 11) is 1.41. The van der Waals surface area contributed by atoms with Crippen molar-refractivity contribution in [2.24, 2.45) is 34.5 Å². The molecule has 2 saturated carbocycles. The van der Waals surface area contributed by atoms with Crippen LogP contribution in [0.25, 0.3) is 0 Å². The molecule has 2 aromatic rings. The Morgan fingerprint density at radius 1 is 0.907 bits per heavy atom. The number of hydrogen-bond donors (Lipinski definition) is 6. The third-order valence-electron chi connectivity index (χ3n) is 14.2. The molecule has 296 valence electrons. The molecule has 0 saturated heterocycles. The summed E-state index contributed by atoms with van der Waals surface area (Å²) < 4.78 is 12.3. The summed E-state index contributed by atoms with van der Waals surface area (Å²) >= 11 is 0. The third kappa shape index (κ3) is 6.09. The summed E-state index contributed by atoms with van der Waals surface area (Å²) in [6.07, 6.45) is -1.98. The van der Waals surface area contributed by atoms with Crippen molar-refractivity contribution in [1.82, 2.24) is 5.32 Å². The molecule has 0 spiro atoms. The first kappa shape index (κ1) is 40.3. The van der Waals surface area contributed by atoms with E-state index in [1.165, 1.54) is 20.1 Å². The van der Waals surface area contributed by atoms with Gasteiger partial charge in [0.05, 0.1) is 6.10 Å². The van der Waals surface area contributed by atoms with Gasteiger partial charge < -0.3 is 40.3 Å². The number of aliphatic hydroxyl groups is 3. The Balaban J connectivity index is 1.59. The van der Waals surface area contributed by atoms with Crippen molar-refractivity contribution in [3.8, 4) is 11.5 Å². The zero-order valence-corrected chi connectivity index (χ0v) is 33.3. The quantitative estimate of drug-likeness (QED) is 0.200. The molecule has 0 bridgehead atoms. The molecule has 6 N–H and O–H groups in total. The van der Waals surface area contributed by atoms with Gasteiger partial charge in [-0.25, -0.2) is 0 Å². The average molecular weight is 750 g/mol. The van der Waals surface area contributed by atoms with Gasteiger partial charge in [-0.3, -0.25) is 14.4 Å². The average Bonchev–Trinajstić information content (AvgIpc) is 3.60. The summed E-state index contributed by atoms with van der Waals surface area (Å²) in [6, 6.07) is 4.12. The van der Waals surface area contributed by atoms with Crippen LogP contribution in [0.2, 0.25) is 0 Å². The molecule has 54 heavy (non-hydrogen) atoms. The minimum atomic E-state index is -2.25. The number of rotatable bonds is 8. The van der Waals surface area contributed by atoms with Gasteiger partial charge in [0.25, 0.3) is 0 Å². The molecule has 2 unspecified atom stereocenters. The summed E-state index contributed by atoms with van der Waals surface area (Å²) in [5, 5.41) is 62.4. The van der Waals surface area contributed by atoms with Gasteiger partial charge in [-0.15, -0.1) is 0 Å². The highest BCUT2D eigenvalue weighted by molar-refractivity contribution is 5.73. The molecule has 2 fully saturated rings. The topological polar surface area (TPSA) is 183 Å². The van der Waals surface area contributed by atoms with Crippen LogP contribution < -0.4 is 16.2 Å². The van der Waals surface area contributed by atoms with Crippen molar-refractivity contribution in [2.75, 3.05) is 7.11 Å². The largest absolute Gasteiger partial charge is 0.504 e. The fraction of sp³-hybridized carbons (Fsp3) is 0.651. The number of fused-ring (bicyclic) bond motifs is 2. The lowest BCUT2D eigenvalue weighted by Crippen LogP contribution is -2.52. The van der Waals surface area contributed by atoms with Crippen LogP contribution in [-0.2, 0) is 26.5 Å². The third-order valence-corrected chi connectivity index (χ3v) is 14.2. The Morgan fingerprint density at radius 3 is 2.07 bits per heavy atom. The predicted octanol–water partition coefficient (Wildman–Crippen LogP) is 5.05. The van der Waals surface area contributed by atoms with E-state index in [-0.39, 0.29) is 58.8 Å². The zero-order chi connectivity index (χ0) is 40.0. The van der Waals surface area contributed by atoms with Crippen LogP contribution in [0, 0.1) is 48.3 Å². The van der Waals surface area contributed by atoms with Gasteiger partial charge in [-0.2, -0.15) is 0 Å². The van der Waals surface area contributed by atoms with Crippen LogP contribution in [0.5, 0.6) is 11.5 Å². The highest BCUT2D eigenvalue weighted by Gasteiger charge is 2.61. The number of nitrogens with one attached hydrogen (secondary N) is 1. The van der Waals surface area contributed by atoms with E-state index in [4.69, 9.17) is 9.47 Å². The second-order valence-electron chi connectivity index (χ2n) is 18.0. The molecule has 1 heterocycles. The van der Waals surface area contributed by atoms with Crippen LogP contribution >= 0.6 is 0 Å². The molecular weight excluding hydrogens is 690 g/mol. The molecule has 4 aliphatic rings. The fourth-order valence-corrected chi connectivity index (χ4v) is 11.2. The van der Waals surface area contributed by atoms with Gasteiger partial charge in [0.1, 0.15) is 12.2 Å². The van der Waals surface area contributed by atoms with Crippen molar-refractivity contribution in [3.05, 3.63) is 77.6 Å². The number of carbonyl (C=O) groups excluding carboxylic acids is 1. The second-order valence-corrected chi connectivity index (χ2v) is 18.0. The number of hydrogen-bond acceptors (Lipinski definition) is 10. The Kier molecular flexibility index (Phi) is 10.4. The smallest absolute Gasteiger partial charge is 0.220 e. The van der Waals surface area contributed by atoms with Crippen molar-refractivity contribution in [3.63, 3.8) is 0 Å². The van der Waals surface area contributed by atoms with Gasteiger partial charge in [0.2, 0.25) is 16.8 Å². The first-order valence-corrected chi connectivity index (χ1v) is 19.5. The number of ether oxygens (including phenoxy) is 2. The zero-order valence-electron chi connectivity index (χ0n) is 33.3. The molecule has 11 atom stereocenters. The molecule has 1 amide bonds. The monoisotopic (exact) mass is 749 g/mol. The summed E-state index contributed by atoms with van der Waals surface area (Å²) in [5.74, 6) is -3.69. The SMILES string of the molecule is COC(NC(C)=O)C(O)[C@]1(C)CC[C@H](C(C)C)[C@@H]1c1cc([C@]2(O)Cc3cc(=O)c(O)c(C)c4c3[C@@H](O2)[C@H](O)[C@]2(C)CC[C@H](C(C)C)[C@H]42)cc(=O)c(O)c1C. The van der Waals surface area contributed by atoms with Crippen molar-refractivity contribution in [1.29, 1.82) is 0 Å². The summed E-state index contributed by atoms with van der Waals surface area (Å²) in [4.78, 5) is 39.4. The second kappa shape index (κ2) is 14.0. The highest BCUT2D eigenvalue weighted by atomic mass is 16.6. The molecular formula is C43H59NO10. The van der Waals surface area contributed by atoms with Crippen LogP contribution in [0.4, 0.5) is 0 Å². The standard InChI is InChI=1S/C43H59NO10/c1-19(2)26-11-13-41(8,39(51)40(53-10)44-23(7)45)33(26)28-16-25(17-30(47)35(48)21(28)5)43(52)18-24-15-29(46)36(49)22(6)31-32(24)37(54-43)38(50)42(9)14-12-27(20(3)4)34(31)42/h15-17,19-20,26-27,33-34,37-40,50-52H,11-14,18H2,1-10H3,(H,44,45)(H,46,49)(H,47,48)/t26-,27-,33-,34-,37-,38+,39?,40?,41-,42-,43+/m1/s1. The van der Waals surface area contributed by atoms with E-state index in [1.54, 1.807) is 19.9 Å².